The van der Waals surface area contributed by atoms with E-state index in [2.05, 4.69) is 25.3 Å². The van der Waals surface area contributed by atoms with Gasteiger partial charge in [-0.05, 0) is 56.0 Å². The summed E-state index contributed by atoms with van der Waals surface area (Å²) in [7, 11) is 0. The molecule has 1 saturated heterocycles. The Balaban J connectivity index is 1.52. The van der Waals surface area contributed by atoms with E-state index in [0.717, 1.165) is 37.3 Å². The van der Waals surface area contributed by atoms with Gasteiger partial charge in [0.25, 0.3) is 5.56 Å². The molecular weight excluding hydrogens is 383 g/mol. The summed E-state index contributed by atoms with van der Waals surface area (Å²) < 4.78 is 14.9. The molecule has 1 fully saturated rings. The monoisotopic (exact) mass is 408 g/mol. The highest BCUT2D eigenvalue weighted by molar-refractivity contribution is 5.40. The minimum atomic E-state index is -0.322. The standard InChI is InChI=1S/C22H25FN6O/c1-16-10-11-24-22(26-16)25-14-19-7-2-3-12-28(19)20-8-9-21(30)29(27-20)15-17-5-4-6-18(23)13-17/h4-6,8-11,13,19H,2-3,7,12,14-15H2,1H3,(H,24,25,26). The average Bonchev–Trinajstić information content (AvgIpc) is 2.74. The van der Waals surface area contributed by atoms with Crippen LogP contribution in [0.15, 0.2) is 53.5 Å². The van der Waals surface area contributed by atoms with Gasteiger partial charge in [0.2, 0.25) is 5.95 Å². The first-order valence-electron chi connectivity index (χ1n) is 10.2. The van der Waals surface area contributed by atoms with Gasteiger partial charge in [0, 0.05) is 37.1 Å². The maximum absolute atomic E-state index is 13.5. The lowest BCUT2D eigenvalue weighted by atomic mass is 10.0. The van der Waals surface area contributed by atoms with E-state index in [1.807, 2.05) is 13.0 Å². The number of piperidine rings is 1. The maximum atomic E-state index is 13.5. The van der Waals surface area contributed by atoms with Crippen LogP contribution < -0.4 is 15.8 Å². The summed E-state index contributed by atoms with van der Waals surface area (Å²) in [5, 5.41) is 7.91. The molecule has 1 aromatic carbocycles. The number of nitrogens with zero attached hydrogens (tertiary/aromatic N) is 5. The zero-order valence-corrected chi connectivity index (χ0v) is 17.0. The lowest BCUT2D eigenvalue weighted by Crippen LogP contribution is -2.45. The molecule has 2 aromatic heterocycles. The van der Waals surface area contributed by atoms with Crippen molar-refractivity contribution in [2.75, 3.05) is 23.3 Å². The van der Waals surface area contributed by atoms with Crippen molar-refractivity contribution in [2.24, 2.45) is 0 Å². The molecule has 30 heavy (non-hydrogen) atoms. The molecule has 1 N–H and O–H groups in total. The van der Waals surface area contributed by atoms with Crippen molar-refractivity contribution < 1.29 is 4.39 Å². The van der Waals surface area contributed by atoms with E-state index in [0.29, 0.717) is 18.1 Å². The summed E-state index contributed by atoms with van der Waals surface area (Å²) in [5.41, 5.74) is 1.41. The predicted molar refractivity (Wildman–Crippen MR) is 114 cm³/mol. The number of aryl methyl sites for hydroxylation is 1. The van der Waals surface area contributed by atoms with E-state index in [9.17, 15) is 9.18 Å². The highest BCUT2D eigenvalue weighted by atomic mass is 19.1. The summed E-state index contributed by atoms with van der Waals surface area (Å²) in [6.07, 6.45) is 4.97. The average molecular weight is 408 g/mol. The molecule has 1 atom stereocenters. The van der Waals surface area contributed by atoms with Crippen LogP contribution in [0.3, 0.4) is 0 Å². The molecule has 7 nitrogen and oxygen atoms in total. The van der Waals surface area contributed by atoms with Crippen LogP contribution in [-0.4, -0.2) is 38.9 Å². The Bertz CT molecular complexity index is 1070. The predicted octanol–water partition coefficient (Wildman–Crippen LogP) is 3.00. The number of halogens is 1. The molecule has 8 heteroatoms. The third-order valence-corrected chi connectivity index (χ3v) is 5.29. The number of rotatable bonds is 6. The minimum Gasteiger partial charge on any atom is -0.352 e. The van der Waals surface area contributed by atoms with E-state index in [4.69, 9.17) is 0 Å². The highest BCUT2D eigenvalue weighted by Crippen LogP contribution is 2.22. The second-order valence-electron chi connectivity index (χ2n) is 7.56. The zero-order valence-electron chi connectivity index (χ0n) is 17.0. The van der Waals surface area contributed by atoms with Crippen LogP contribution in [0.2, 0.25) is 0 Å². The largest absolute Gasteiger partial charge is 0.352 e. The Labute approximate surface area is 174 Å². The van der Waals surface area contributed by atoms with Crippen molar-refractivity contribution in [3.05, 3.63) is 76.1 Å². The van der Waals surface area contributed by atoms with E-state index < -0.39 is 0 Å². The Morgan fingerprint density at radius 3 is 2.93 bits per heavy atom. The van der Waals surface area contributed by atoms with Crippen molar-refractivity contribution in [3.63, 3.8) is 0 Å². The fourth-order valence-electron chi connectivity index (χ4n) is 3.77. The lowest BCUT2D eigenvalue weighted by Gasteiger charge is -2.36. The molecule has 4 rings (SSSR count). The highest BCUT2D eigenvalue weighted by Gasteiger charge is 2.24. The van der Waals surface area contributed by atoms with E-state index in [1.165, 1.54) is 22.9 Å². The molecular formula is C22H25FN6O. The zero-order chi connectivity index (χ0) is 20.9. The van der Waals surface area contributed by atoms with Gasteiger partial charge in [0.1, 0.15) is 11.6 Å². The van der Waals surface area contributed by atoms with Crippen LogP contribution >= 0.6 is 0 Å². The fraction of sp³-hybridized carbons (Fsp3) is 0.364. The third kappa shape index (κ3) is 4.82. The van der Waals surface area contributed by atoms with Crippen LogP contribution in [0, 0.1) is 12.7 Å². The number of benzene rings is 1. The van der Waals surface area contributed by atoms with Gasteiger partial charge in [-0.15, -0.1) is 0 Å². The van der Waals surface area contributed by atoms with Gasteiger partial charge in [-0.25, -0.2) is 19.0 Å². The second-order valence-corrected chi connectivity index (χ2v) is 7.56. The van der Waals surface area contributed by atoms with Crippen molar-refractivity contribution in [3.8, 4) is 0 Å². The molecule has 0 radical (unpaired) electrons. The molecule has 156 valence electrons. The molecule has 1 unspecified atom stereocenters. The van der Waals surface area contributed by atoms with Gasteiger partial charge in [0.15, 0.2) is 0 Å². The number of hydrogen-bond acceptors (Lipinski definition) is 6. The van der Waals surface area contributed by atoms with Crippen LogP contribution in [0.5, 0.6) is 0 Å². The van der Waals surface area contributed by atoms with Crippen LogP contribution in [0.4, 0.5) is 16.2 Å². The molecule has 1 aliphatic heterocycles. The first kappa shape index (κ1) is 20.0. The minimum absolute atomic E-state index is 0.206. The summed E-state index contributed by atoms with van der Waals surface area (Å²) in [6, 6.07) is 11.6. The van der Waals surface area contributed by atoms with Gasteiger partial charge in [-0.1, -0.05) is 12.1 Å². The normalized spacial score (nSPS) is 16.5. The van der Waals surface area contributed by atoms with E-state index in [-0.39, 0.29) is 24.0 Å². The molecule has 3 aromatic rings. The lowest BCUT2D eigenvalue weighted by molar-refractivity contribution is 0.462. The topological polar surface area (TPSA) is 75.9 Å². The fourth-order valence-corrected chi connectivity index (χ4v) is 3.77. The number of nitrogens with one attached hydrogen (secondary N) is 1. The summed E-state index contributed by atoms with van der Waals surface area (Å²) >= 11 is 0. The third-order valence-electron chi connectivity index (χ3n) is 5.29. The van der Waals surface area contributed by atoms with Crippen LogP contribution in [-0.2, 0) is 6.54 Å². The van der Waals surface area contributed by atoms with Gasteiger partial charge in [-0.2, -0.15) is 5.10 Å². The van der Waals surface area contributed by atoms with Crippen molar-refractivity contribution in [1.29, 1.82) is 0 Å². The van der Waals surface area contributed by atoms with Gasteiger partial charge >= 0.3 is 0 Å². The number of anilines is 2. The second kappa shape index (κ2) is 9.02. The molecule has 3 heterocycles. The molecule has 0 saturated carbocycles. The van der Waals surface area contributed by atoms with Crippen molar-refractivity contribution in [2.45, 2.75) is 38.8 Å². The van der Waals surface area contributed by atoms with Crippen molar-refractivity contribution in [1.82, 2.24) is 19.7 Å². The van der Waals surface area contributed by atoms with Crippen LogP contribution in [0.25, 0.3) is 0 Å². The first-order chi connectivity index (χ1) is 14.6. The molecule has 0 amide bonds. The van der Waals surface area contributed by atoms with Gasteiger partial charge in [0.05, 0.1) is 6.54 Å². The smallest absolute Gasteiger partial charge is 0.267 e. The molecule has 0 aliphatic carbocycles. The SMILES string of the molecule is Cc1ccnc(NCC2CCCCN2c2ccc(=O)n(Cc3cccc(F)c3)n2)n1. The Hall–Kier alpha value is -3.29. The van der Waals surface area contributed by atoms with Gasteiger partial charge < -0.3 is 10.2 Å². The molecule has 0 spiro atoms. The maximum Gasteiger partial charge on any atom is 0.267 e. The summed E-state index contributed by atoms with van der Waals surface area (Å²) in [5.74, 6) is 1.05. The van der Waals surface area contributed by atoms with Crippen molar-refractivity contribution >= 4 is 11.8 Å². The van der Waals surface area contributed by atoms with E-state index in [1.54, 1.807) is 24.4 Å². The number of hydrogen-bond donors (Lipinski definition) is 1. The summed E-state index contributed by atoms with van der Waals surface area (Å²) in [4.78, 5) is 23.2. The van der Waals surface area contributed by atoms with Crippen LogP contribution in [0.1, 0.15) is 30.5 Å². The Kier molecular flexibility index (Phi) is 6.02. The molecule has 1 aliphatic rings. The molecule has 0 bridgehead atoms. The quantitative estimate of drug-likeness (QED) is 0.676. The van der Waals surface area contributed by atoms with E-state index >= 15 is 0 Å². The number of aromatic nitrogens is 4. The van der Waals surface area contributed by atoms with Gasteiger partial charge in [-0.3, -0.25) is 4.79 Å². The Morgan fingerprint density at radius 2 is 2.10 bits per heavy atom. The summed E-state index contributed by atoms with van der Waals surface area (Å²) in [6.45, 7) is 3.73. The first-order valence-corrected chi connectivity index (χ1v) is 10.2. The Morgan fingerprint density at radius 1 is 1.20 bits per heavy atom.